The minimum Gasteiger partial charge on any atom is -0.337 e. The Bertz CT molecular complexity index is 719. The monoisotopic (exact) mass is 275 g/mol. The van der Waals surface area contributed by atoms with Crippen molar-refractivity contribution in [3.8, 4) is 12.1 Å². The van der Waals surface area contributed by atoms with Crippen LogP contribution in [0.25, 0.3) is 0 Å². The minimum absolute atomic E-state index is 0.108. The van der Waals surface area contributed by atoms with E-state index in [-0.39, 0.29) is 5.91 Å². The smallest absolute Gasteiger partial charge is 0.253 e. The van der Waals surface area contributed by atoms with Crippen LogP contribution in [0.4, 0.5) is 0 Å². The first kappa shape index (κ1) is 14.3. The van der Waals surface area contributed by atoms with Gasteiger partial charge in [0, 0.05) is 19.2 Å². The molecule has 0 spiro atoms. The molecule has 0 bridgehead atoms. The summed E-state index contributed by atoms with van der Waals surface area (Å²) < 4.78 is 0. The van der Waals surface area contributed by atoms with Crippen LogP contribution in [0, 0.1) is 22.7 Å². The van der Waals surface area contributed by atoms with E-state index in [9.17, 15) is 4.79 Å². The van der Waals surface area contributed by atoms with E-state index >= 15 is 0 Å². The van der Waals surface area contributed by atoms with Crippen molar-refractivity contribution in [3.63, 3.8) is 0 Å². The van der Waals surface area contributed by atoms with Crippen molar-refractivity contribution in [2.75, 3.05) is 7.05 Å². The SMILES string of the molecule is CN(Cc1ccc(C#N)cc1)C(=O)c1ccc(C#N)cc1. The summed E-state index contributed by atoms with van der Waals surface area (Å²) in [6.07, 6.45) is 0. The molecule has 0 saturated heterocycles. The normalized spacial score (nSPS) is 9.48. The molecule has 4 heteroatoms. The highest BCUT2D eigenvalue weighted by Crippen LogP contribution is 2.10. The van der Waals surface area contributed by atoms with Gasteiger partial charge in [0.1, 0.15) is 0 Å². The van der Waals surface area contributed by atoms with Gasteiger partial charge in [0.25, 0.3) is 5.91 Å². The number of nitrogens with zero attached hydrogens (tertiary/aromatic N) is 3. The van der Waals surface area contributed by atoms with Crippen LogP contribution in [0.2, 0.25) is 0 Å². The molecule has 0 radical (unpaired) electrons. The highest BCUT2D eigenvalue weighted by molar-refractivity contribution is 5.94. The molecule has 0 heterocycles. The number of amides is 1. The Morgan fingerprint density at radius 1 is 0.952 bits per heavy atom. The Morgan fingerprint density at radius 3 is 1.90 bits per heavy atom. The molecule has 0 saturated carbocycles. The van der Waals surface area contributed by atoms with E-state index in [2.05, 4.69) is 6.07 Å². The molecule has 0 fully saturated rings. The van der Waals surface area contributed by atoms with Crippen LogP contribution < -0.4 is 0 Å². The molecular weight excluding hydrogens is 262 g/mol. The molecule has 1 amide bonds. The maximum Gasteiger partial charge on any atom is 0.253 e. The first-order valence-electron chi connectivity index (χ1n) is 6.38. The Hall–Kier alpha value is -3.11. The molecule has 0 aliphatic carbocycles. The van der Waals surface area contributed by atoms with Gasteiger partial charge in [-0.05, 0) is 42.0 Å². The van der Waals surface area contributed by atoms with E-state index in [1.807, 2.05) is 18.2 Å². The van der Waals surface area contributed by atoms with Gasteiger partial charge in [-0.3, -0.25) is 4.79 Å². The van der Waals surface area contributed by atoms with Gasteiger partial charge in [0.05, 0.1) is 23.3 Å². The Morgan fingerprint density at radius 2 is 1.43 bits per heavy atom. The first-order valence-corrected chi connectivity index (χ1v) is 6.38. The predicted octanol–water partition coefficient (Wildman–Crippen LogP) is 2.70. The molecule has 2 aromatic carbocycles. The molecule has 2 rings (SSSR count). The van der Waals surface area contributed by atoms with E-state index in [0.29, 0.717) is 23.2 Å². The Balaban J connectivity index is 2.08. The lowest BCUT2D eigenvalue weighted by molar-refractivity contribution is 0.0785. The largest absolute Gasteiger partial charge is 0.337 e. The summed E-state index contributed by atoms with van der Waals surface area (Å²) >= 11 is 0. The Labute approximate surface area is 123 Å². The molecule has 2 aromatic rings. The number of benzene rings is 2. The van der Waals surface area contributed by atoms with Crippen molar-refractivity contribution in [2.45, 2.75) is 6.54 Å². The molecule has 4 nitrogen and oxygen atoms in total. The van der Waals surface area contributed by atoms with Gasteiger partial charge in [-0.2, -0.15) is 10.5 Å². The van der Waals surface area contributed by atoms with Crippen molar-refractivity contribution < 1.29 is 4.79 Å². The van der Waals surface area contributed by atoms with E-state index in [0.717, 1.165) is 5.56 Å². The third-order valence-corrected chi connectivity index (χ3v) is 3.11. The number of hydrogen-bond acceptors (Lipinski definition) is 3. The lowest BCUT2D eigenvalue weighted by Crippen LogP contribution is -2.26. The highest BCUT2D eigenvalue weighted by Gasteiger charge is 2.11. The van der Waals surface area contributed by atoms with Gasteiger partial charge in [-0.1, -0.05) is 12.1 Å². The topological polar surface area (TPSA) is 67.9 Å². The summed E-state index contributed by atoms with van der Waals surface area (Å²) in [7, 11) is 1.72. The molecule has 0 atom stereocenters. The summed E-state index contributed by atoms with van der Waals surface area (Å²) in [5.41, 5.74) is 2.63. The van der Waals surface area contributed by atoms with Gasteiger partial charge in [-0.25, -0.2) is 0 Å². The summed E-state index contributed by atoms with van der Waals surface area (Å²) in [5, 5.41) is 17.5. The molecule has 0 N–H and O–H groups in total. The maximum atomic E-state index is 12.3. The summed E-state index contributed by atoms with van der Waals surface area (Å²) in [5.74, 6) is -0.108. The molecule has 21 heavy (non-hydrogen) atoms. The van der Waals surface area contributed by atoms with E-state index in [1.165, 1.54) is 0 Å². The van der Waals surface area contributed by atoms with Crippen molar-refractivity contribution in [1.82, 2.24) is 4.90 Å². The quantitative estimate of drug-likeness (QED) is 0.864. The molecule has 0 aliphatic rings. The van der Waals surface area contributed by atoms with Crippen molar-refractivity contribution >= 4 is 5.91 Å². The zero-order chi connectivity index (χ0) is 15.2. The van der Waals surface area contributed by atoms with Crippen molar-refractivity contribution in [1.29, 1.82) is 10.5 Å². The van der Waals surface area contributed by atoms with Gasteiger partial charge < -0.3 is 4.90 Å². The summed E-state index contributed by atoms with van der Waals surface area (Å²) in [6, 6.07) is 17.8. The van der Waals surface area contributed by atoms with E-state index < -0.39 is 0 Å². The molecule has 0 aliphatic heterocycles. The van der Waals surface area contributed by atoms with Crippen molar-refractivity contribution in [3.05, 3.63) is 70.8 Å². The first-order chi connectivity index (χ1) is 10.1. The highest BCUT2D eigenvalue weighted by atomic mass is 16.2. The van der Waals surface area contributed by atoms with Crippen LogP contribution in [0.3, 0.4) is 0 Å². The third kappa shape index (κ3) is 3.46. The van der Waals surface area contributed by atoms with E-state index in [4.69, 9.17) is 10.5 Å². The lowest BCUT2D eigenvalue weighted by Gasteiger charge is -2.17. The second-order valence-electron chi connectivity index (χ2n) is 4.66. The van der Waals surface area contributed by atoms with E-state index in [1.54, 1.807) is 48.3 Å². The predicted molar refractivity (Wildman–Crippen MR) is 78.1 cm³/mol. The van der Waals surface area contributed by atoms with Crippen LogP contribution in [-0.2, 0) is 6.54 Å². The Kier molecular flexibility index (Phi) is 4.33. The van der Waals surface area contributed by atoms with Crippen LogP contribution in [0.15, 0.2) is 48.5 Å². The number of rotatable bonds is 3. The average molecular weight is 275 g/mol. The van der Waals surface area contributed by atoms with Gasteiger partial charge >= 0.3 is 0 Å². The summed E-state index contributed by atoms with van der Waals surface area (Å²) in [4.78, 5) is 13.9. The zero-order valence-electron chi connectivity index (χ0n) is 11.6. The zero-order valence-corrected chi connectivity index (χ0v) is 11.6. The fourth-order valence-electron chi connectivity index (χ4n) is 1.94. The third-order valence-electron chi connectivity index (χ3n) is 3.11. The number of carbonyl (C=O) groups excluding carboxylic acids is 1. The van der Waals surface area contributed by atoms with Crippen LogP contribution in [0.1, 0.15) is 27.0 Å². The number of carbonyl (C=O) groups is 1. The van der Waals surface area contributed by atoms with Gasteiger partial charge in [0.2, 0.25) is 0 Å². The molecule has 0 aromatic heterocycles. The minimum atomic E-state index is -0.108. The fourth-order valence-corrected chi connectivity index (χ4v) is 1.94. The molecule has 102 valence electrons. The van der Waals surface area contributed by atoms with Crippen LogP contribution in [0.5, 0.6) is 0 Å². The van der Waals surface area contributed by atoms with Crippen LogP contribution >= 0.6 is 0 Å². The number of hydrogen-bond donors (Lipinski definition) is 0. The molecule has 0 unspecified atom stereocenters. The maximum absolute atomic E-state index is 12.3. The van der Waals surface area contributed by atoms with Crippen LogP contribution in [-0.4, -0.2) is 17.9 Å². The van der Waals surface area contributed by atoms with Gasteiger partial charge in [0.15, 0.2) is 0 Å². The summed E-state index contributed by atoms with van der Waals surface area (Å²) in [6.45, 7) is 0.463. The fraction of sp³-hybridized carbons (Fsp3) is 0.118. The average Bonchev–Trinajstić information content (AvgIpc) is 2.55. The standard InChI is InChI=1S/C17H13N3O/c1-20(12-15-4-2-13(10-18)3-5-15)17(21)16-8-6-14(11-19)7-9-16/h2-9H,12H2,1H3. The lowest BCUT2D eigenvalue weighted by atomic mass is 10.1. The van der Waals surface area contributed by atoms with Crippen molar-refractivity contribution in [2.24, 2.45) is 0 Å². The second-order valence-corrected chi connectivity index (χ2v) is 4.66. The number of nitriles is 2. The second kappa shape index (κ2) is 6.36. The molecular formula is C17H13N3O. The van der Waals surface area contributed by atoms with Gasteiger partial charge in [-0.15, -0.1) is 0 Å².